The van der Waals surface area contributed by atoms with Gasteiger partial charge in [0.2, 0.25) is 5.91 Å². The molecule has 6 heteroatoms. The summed E-state index contributed by atoms with van der Waals surface area (Å²) in [5.41, 5.74) is 0.918. The number of ether oxygens (including phenoxy) is 1. The molecule has 4 nitrogen and oxygen atoms in total. The van der Waals surface area contributed by atoms with E-state index in [0.29, 0.717) is 11.4 Å². The van der Waals surface area contributed by atoms with E-state index < -0.39 is 5.97 Å². The van der Waals surface area contributed by atoms with Gasteiger partial charge in [0.1, 0.15) is 13.2 Å². The fraction of sp³-hybridized carbons (Fsp3) is 0.263. The zero-order chi connectivity index (χ0) is 17.9. The van der Waals surface area contributed by atoms with Crippen LogP contribution in [0.2, 0.25) is 5.02 Å². The molecule has 0 aromatic heterocycles. The first-order valence-corrected chi connectivity index (χ1v) is 9.34. The lowest BCUT2D eigenvalue weighted by molar-refractivity contribution is -0.145. The topological polar surface area (TPSA) is 55.4 Å². The Morgan fingerprint density at radius 3 is 2.48 bits per heavy atom. The summed E-state index contributed by atoms with van der Waals surface area (Å²) in [7, 11) is 0. The maximum atomic E-state index is 11.7. The van der Waals surface area contributed by atoms with Gasteiger partial charge in [0, 0.05) is 16.3 Å². The number of hydrogen-bond donors (Lipinski definition) is 1. The van der Waals surface area contributed by atoms with Crippen molar-refractivity contribution in [2.75, 3.05) is 12.3 Å². The fourth-order valence-electron chi connectivity index (χ4n) is 2.00. The van der Waals surface area contributed by atoms with E-state index in [1.165, 1.54) is 0 Å². The fourth-order valence-corrected chi connectivity index (χ4v) is 2.98. The maximum absolute atomic E-state index is 11.7. The van der Waals surface area contributed by atoms with Crippen LogP contribution in [-0.4, -0.2) is 24.2 Å². The standard InChI is InChI=1S/C19H20ClNO3S/c20-16-8-10-17(11-9-16)25-12-4-7-18(22)21-13-19(23)24-14-15-5-2-1-3-6-15/h1-3,5-6,8-11H,4,7,12-14H2,(H,21,22). The Balaban J connectivity index is 1.54. The van der Waals surface area contributed by atoms with Crippen molar-refractivity contribution in [2.45, 2.75) is 24.3 Å². The molecule has 0 radical (unpaired) electrons. The molecule has 25 heavy (non-hydrogen) atoms. The number of nitrogens with one attached hydrogen (secondary N) is 1. The third kappa shape index (κ3) is 8.09. The van der Waals surface area contributed by atoms with Gasteiger partial charge in [-0.2, -0.15) is 0 Å². The Labute approximate surface area is 156 Å². The second-order valence-corrected chi connectivity index (χ2v) is 6.93. The van der Waals surface area contributed by atoms with Gasteiger partial charge in [-0.15, -0.1) is 11.8 Å². The van der Waals surface area contributed by atoms with Crippen LogP contribution in [0.4, 0.5) is 0 Å². The second kappa shape index (κ2) is 10.8. The van der Waals surface area contributed by atoms with Crippen molar-refractivity contribution >= 4 is 35.2 Å². The Hall–Kier alpha value is -1.98. The summed E-state index contributed by atoms with van der Waals surface area (Å²) < 4.78 is 5.10. The Morgan fingerprint density at radius 2 is 1.76 bits per heavy atom. The van der Waals surface area contributed by atoms with E-state index in [1.807, 2.05) is 54.6 Å². The predicted octanol–water partition coefficient (Wildman–Crippen LogP) is 4.07. The first-order chi connectivity index (χ1) is 12.1. The van der Waals surface area contributed by atoms with Crippen molar-refractivity contribution in [3.8, 4) is 0 Å². The molecule has 2 rings (SSSR count). The van der Waals surface area contributed by atoms with Gasteiger partial charge < -0.3 is 10.1 Å². The third-order valence-corrected chi connectivity index (χ3v) is 4.65. The molecule has 0 spiro atoms. The summed E-state index contributed by atoms with van der Waals surface area (Å²) in [6.07, 6.45) is 1.12. The van der Waals surface area contributed by atoms with E-state index in [0.717, 1.165) is 22.6 Å². The van der Waals surface area contributed by atoms with Gasteiger partial charge >= 0.3 is 5.97 Å². The first-order valence-electron chi connectivity index (χ1n) is 7.98. The highest BCUT2D eigenvalue weighted by Crippen LogP contribution is 2.21. The molecule has 0 aliphatic heterocycles. The molecule has 0 aliphatic carbocycles. The van der Waals surface area contributed by atoms with Gasteiger partial charge in [-0.25, -0.2) is 0 Å². The molecule has 132 valence electrons. The number of amides is 1. The van der Waals surface area contributed by atoms with E-state index in [4.69, 9.17) is 16.3 Å². The van der Waals surface area contributed by atoms with Gasteiger partial charge in [-0.05, 0) is 42.0 Å². The number of rotatable bonds is 9. The lowest BCUT2D eigenvalue weighted by Gasteiger charge is -2.07. The lowest BCUT2D eigenvalue weighted by Crippen LogP contribution is -2.30. The Kier molecular flexibility index (Phi) is 8.35. The molecule has 0 saturated heterocycles. The average molecular weight is 378 g/mol. The molecule has 1 amide bonds. The van der Waals surface area contributed by atoms with Crippen molar-refractivity contribution < 1.29 is 14.3 Å². The van der Waals surface area contributed by atoms with Crippen molar-refractivity contribution in [1.82, 2.24) is 5.32 Å². The van der Waals surface area contributed by atoms with Crippen LogP contribution >= 0.6 is 23.4 Å². The van der Waals surface area contributed by atoms with Crippen molar-refractivity contribution in [1.29, 1.82) is 0 Å². The number of benzene rings is 2. The molecule has 0 saturated carbocycles. The third-order valence-electron chi connectivity index (χ3n) is 3.30. The molecule has 0 atom stereocenters. The van der Waals surface area contributed by atoms with Crippen LogP contribution in [0.25, 0.3) is 0 Å². The second-order valence-electron chi connectivity index (χ2n) is 5.33. The SMILES string of the molecule is O=C(CCCSc1ccc(Cl)cc1)NCC(=O)OCc1ccccc1. The van der Waals surface area contributed by atoms with Gasteiger partial charge in [-0.3, -0.25) is 9.59 Å². The normalized spacial score (nSPS) is 10.3. The highest BCUT2D eigenvalue weighted by molar-refractivity contribution is 7.99. The van der Waals surface area contributed by atoms with Gasteiger partial charge in [-0.1, -0.05) is 41.9 Å². The number of halogens is 1. The number of carbonyl (C=O) groups is 2. The van der Waals surface area contributed by atoms with Crippen LogP contribution in [-0.2, 0) is 20.9 Å². The minimum absolute atomic E-state index is 0.101. The summed E-state index contributed by atoms with van der Waals surface area (Å²) in [5, 5.41) is 3.30. The largest absolute Gasteiger partial charge is 0.460 e. The highest BCUT2D eigenvalue weighted by Gasteiger charge is 2.07. The van der Waals surface area contributed by atoms with Crippen molar-refractivity contribution in [3.05, 3.63) is 65.2 Å². The number of esters is 1. The molecule has 2 aromatic carbocycles. The Morgan fingerprint density at radius 1 is 1.04 bits per heavy atom. The smallest absolute Gasteiger partial charge is 0.325 e. The number of thioether (sulfide) groups is 1. The summed E-state index contributed by atoms with van der Waals surface area (Å²) in [6, 6.07) is 17.0. The van der Waals surface area contributed by atoms with E-state index in [2.05, 4.69) is 5.32 Å². The first kappa shape index (κ1) is 19.3. The van der Waals surface area contributed by atoms with Crippen LogP contribution < -0.4 is 5.32 Å². The van der Waals surface area contributed by atoms with E-state index in [9.17, 15) is 9.59 Å². The minimum atomic E-state index is -0.437. The summed E-state index contributed by atoms with van der Waals surface area (Å²) >= 11 is 7.50. The van der Waals surface area contributed by atoms with Crippen LogP contribution in [0, 0.1) is 0 Å². The highest BCUT2D eigenvalue weighted by atomic mass is 35.5. The monoisotopic (exact) mass is 377 g/mol. The zero-order valence-corrected chi connectivity index (χ0v) is 15.3. The van der Waals surface area contributed by atoms with E-state index >= 15 is 0 Å². The molecule has 0 unspecified atom stereocenters. The van der Waals surface area contributed by atoms with Crippen LogP contribution in [0.1, 0.15) is 18.4 Å². The quantitative estimate of drug-likeness (QED) is 0.406. The van der Waals surface area contributed by atoms with Gasteiger partial charge in [0.25, 0.3) is 0 Å². The number of hydrogen-bond acceptors (Lipinski definition) is 4. The lowest BCUT2D eigenvalue weighted by atomic mass is 10.2. The van der Waals surface area contributed by atoms with Crippen LogP contribution in [0.3, 0.4) is 0 Å². The summed E-state index contributed by atoms with van der Waals surface area (Å²) in [4.78, 5) is 24.5. The van der Waals surface area contributed by atoms with Gasteiger partial charge in [0.05, 0.1) is 0 Å². The van der Waals surface area contributed by atoms with Crippen LogP contribution in [0.15, 0.2) is 59.5 Å². The molecule has 0 fully saturated rings. The molecule has 0 heterocycles. The molecular weight excluding hydrogens is 358 g/mol. The maximum Gasteiger partial charge on any atom is 0.325 e. The van der Waals surface area contributed by atoms with Crippen LogP contribution in [0.5, 0.6) is 0 Å². The molecule has 2 aromatic rings. The molecular formula is C19H20ClNO3S. The Bertz CT molecular complexity index is 677. The van der Waals surface area contributed by atoms with Crippen molar-refractivity contribution in [3.63, 3.8) is 0 Å². The molecule has 0 bridgehead atoms. The van der Waals surface area contributed by atoms with Gasteiger partial charge in [0.15, 0.2) is 0 Å². The minimum Gasteiger partial charge on any atom is -0.460 e. The average Bonchev–Trinajstić information content (AvgIpc) is 2.64. The zero-order valence-electron chi connectivity index (χ0n) is 13.7. The summed E-state index contributed by atoms with van der Waals surface area (Å²) in [6.45, 7) is 0.114. The molecule has 1 N–H and O–H groups in total. The van der Waals surface area contributed by atoms with E-state index in [1.54, 1.807) is 11.8 Å². The molecule has 0 aliphatic rings. The van der Waals surface area contributed by atoms with Crippen molar-refractivity contribution in [2.24, 2.45) is 0 Å². The number of carbonyl (C=O) groups excluding carboxylic acids is 2. The van der Waals surface area contributed by atoms with E-state index in [-0.39, 0.29) is 19.1 Å². The summed E-state index contributed by atoms with van der Waals surface area (Å²) in [5.74, 6) is 0.245. The predicted molar refractivity (Wildman–Crippen MR) is 101 cm³/mol.